The molecule has 0 fully saturated rings. The monoisotopic (exact) mass is 391 g/mol. The van der Waals surface area contributed by atoms with E-state index in [4.69, 9.17) is 16.3 Å². The molecule has 0 radical (unpaired) electrons. The zero-order valence-corrected chi connectivity index (χ0v) is 16.1. The molecular formula is C19H19ClFN3OS. The number of thioether (sulfide) groups is 1. The second-order valence-corrected chi connectivity index (χ2v) is 7.07. The van der Waals surface area contributed by atoms with Gasteiger partial charge in [0.25, 0.3) is 0 Å². The molecule has 3 aromatic rings. The maximum atomic E-state index is 13.1. The summed E-state index contributed by atoms with van der Waals surface area (Å²) in [6.07, 6.45) is 0. The van der Waals surface area contributed by atoms with Crippen molar-refractivity contribution in [2.75, 3.05) is 0 Å². The number of rotatable bonds is 7. The Kier molecular flexibility index (Phi) is 6.16. The van der Waals surface area contributed by atoms with E-state index in [9.17, 15) is 4.39 Å². The van der Waals surface area contributed by atoms with E-state index in [1.807, 2.05) is 23.6 Å². The molecule has 0 bridgehead atoms. The maximum absolute atomic E-state index is 13.1. The largest absolute Gasteiger partial charge is 0.484 e. The number of ether oxygens (including phenoxy) is 1. The lowest BCUT2D eigenvalue weighted by Gasteiger charge is -2.10. The Balaban J connectivity index is 1.68. The van der Waals surface area contributed by atoms with Gasteiger partial charge in [-0.1, -0.05) is 47.6 Å². The minimum Gasteiger partial charge on any atom is -0.484 e. The van der Waals surface area contributed by atoms with E-state index < -0.39 is 5.82 Å². The number of aromatic nitrogens is 3. The molecule has 0 aliphatic carbocycles. The van der Waals surface area contributed by atoms with Gasteiger partial charge < -0.3 is 9.30 Å². The molecule has 0 amide bonds. The standard InChI is InChI=1S/C19H19ClFN3OS/c1-3-24-18(11-25-17-9-8-15(21)10-16(17)20)22-23-19(24)26-12-14-7-5-4-6-13(14)2/h4-10H,3,11-12H2,1-2H3. The minimum atomic E-state index is -0.394. The number of hydrogen-bond donors (Lipinski definition) is 0. The SMILES string of the molecule is CCn1c(COc2ccc(F)cc2Cl)nnc1SCc1ccccc1C. The first kappa shape index (κ1) is 18.7. The summed E-state index contributed by atoms with van der Waals surface area (Å²) in [4.78, 5) is 0. The Bertz CT molecular complexity index is 900. The molecule has 0 saturated heterocycles. The van der Waals surface area contributed by atoms with Crippen LogP contribution in [0.1, 0.15) is 23.9 Å². The van der Waals surface area contributed by atoms with Crippen molar-refractivity contribution in [3.63, 3.8) is 0 Å². The highest BCUT2D eigenvalue weighted by atomic mass is 35.5. The molecule has 7 heteroatoms. The van der Waals surface area contributed by atoms with Crippen LogP contribution in [0, 0.1) is 12.7 Å². The maximum Gasteiger partial charge on any atom is 0.191 e. The highest BCUT2D eigenvalue weighted by Crippen LogP contribution is 2.27. The van der Waals surface area contributed by atoms with Gasteiger partial charge in [-0.3, -0.25) is 0 Å². The summed E-state index contributed by atoms with van der Waals surface area (Å²) in [7, 11) is 0. The van der Waals surface area contributed by atoms with Crippen LogP contribution in [0.4, 0.5) is 4.39 Å². The lowest BCUT2D eigenvalue weighted by atomic mass is 10.1. The average Bonchev–Trinajstić information content (AvgIpc) is 3.02. The molecule has 0 N–H and O–H groups in total. The molecule has 1 aromatic heterocycles. The topological polar surface area (TPSA) is 39.9 Å². The van der Waals surface area contributed by atoms with Gasteiger partial charge in [0.15, 0.2) is 11.0 Å². The summed E-state index contributed by atoms with van der Waals surface area (Å²) in [6, 6.07) is 12.4. The third-order valence-corrected chi connectivity index (χ3v) is 5.29. The zero-order chi connectivity index (χ0) is 18.5. The van der Waals surface area contributed by atoms with E-state index in [1.165, 1.54) is 29.3 Å². The van der Waals surface area contributed by atoms with Gasteiger partial charge in [0.1, 0.15) is 18.2 Å². The van der Waals surface area contributed by atoms with Gasteiger partial charge in [-0.05, 0) is 43.2 Å². The number of aryl methyl sites for hydroxylation is 1. The third-order valence-electron chi connectivity index (χ3n) is 3.98. The normalized spacial score (nSPS) is 10.9. The van der Waals surface area contributed by atoms with E-state index in [2.05, 4.69) is 29.3 Å². The summed E-state index contributed by atoms with van der Waals surface area (Å²) < 4.78 is 20.8. The van der Waals surface area contributed by atoms with Crippen molar-refractivity contribution < 1.29 is 9.13 Å². The smallest absolute Gasteiger partial charge is 0.191 e. The molecular weight excluding hydrogens is 373 g/mol. The van der Waals surface area contributed by atoms with Crippen LogP contribution >= 0.6 is 23.4 Å². The lowest BCUT2D eigenvalue weighted by Crippen LogP contribution is -2.07. The summed E-state index contributed by atoms with van der Waals surface area (Å²) in [5.41, 5.74) is 2.54. The van der Waals surface area contributed by atoms with Crippen LogP contribution in [0.15, 0.2) is 47.6 Å². The van der Waals surface area contributed by atoms with Gasteiger partial charge in [-0.25, -0.2) is 4.39 Å². The van der Waals surface area contributed by atoms with Crippen LogP contribution in [0.5, 0.6) is 5.75 Å². The van der Waals surface area contributed by atoms with Crippen molar-refractivity contribution in [2.45, 2.75) is 37.9 Å². The Morgan fingerprint density at radius 1 is 1.19 bits per heavy atom. The molecule has 0 saturated carbocycles. The van der Waals surface area contributed by atoms with Crippen molar-refractivity contribution >= 4 is 23.4 Å². The molecule has 0 aliphatic heterocycles. The first-order chi connectivity index (χ1) is 12.6. The fraction of sp³-hybridized carbons (Fsp3) is 0.263. The Hall–Kier alpha value is -2.05. The quantitative estimate of drug-likeness (QED) is 0.514. The van der Waals surface area contributed by atoms with Gasteiger partial charge in [0.05, 0.1) is 5.02 Å². The summed E-state index contributed by atoms with van der Waals surface area (Å²) in [6.45, 7) is 5.10. The molecule has 4 nitrogen and oxygen atoms in total. The van der Waals surface area contributed by atoms with Crippen molar-refractivity contribution in [3.05, 3.63) is 70.3 Å². The Morgan fingerprint density at radius 2 is 2.00 bits per heavy atom. The van der Waals surface area contributed by atoms with Gasteiger partial charge in [0, 0.05) is 12.3 Å². The molecule has 0 spiro atoms. The third kappa shape index (κ3) is 4.37. The van der Waals surface area contributed by atoms with Crippen molar-refractivity contribution in [3.8, 4) is 5.75 Å². The first-order valence-electron chi connectivity index (χ1n) is 8.25. The predicted molar refractivity (Wildman–Crippen MR) is 102 cm³/mol. The van der Waals surface area contributed by atoms with Crippen LogP contribution in [-0.4, -0.2) is 14.8 Å². The zero-order valence-electron chi connectivity index (χ0n) is 14.6. The van der Waals surface area contributed by atoms with E-state index in [0.29, 0.717) is 11.6 Å². The van der Waals surface area contributed by atoms with Gasteiger partial charge in [0.2, 0.25) is 0 Å². The van der Waals surface area contributed by atoms with Crippen LogP contribution in [0.25, 0.3) is 0 Å². The number of benzene rings is 2. The second kappa shape index (κ2) is 8.56. The Labute approximate surface area is 161 Å². The van der Waals surface area contributed by atoms with Crippen LogP contribution < -0.4 is 4.74 Å². The lowest BCUT2D eigenvalue weighted by molar-refractivity contribution is 0.288. The van der Waals surface area contributed by atoms with Crippen molar-refractivity contribution in [1.82, 2.24) is 14.8 Å². The Morgan fingerprint density at radius 3 is 2.73 bits per heavy atom. The van der Waals surface area contributed by atoms with Crippen LogP contribution in [0.2, 0.25) is 5.02 Å². The fourth-order valence-corrected chi connectivity index (χ4v) is 3.82. The van der Waals surface area contributed by atoms with Gasteiger partial charge in [-0.15, -0.1) is 10.2 Å². The summed E-state index contributed by atoms with van der Waals surface area (Å²) >= 11 is 7.64. The fourth-order valence-electron chi connectivity index (χ4n) is 2.50. The molecule has 1 heterocycles. The summed E-state index contributed by atoms with van der Waals surface area (Å²) in [5, 5.41) is 9.60. The van der Waals surface area contributed by atoms with Crippen molar-refractivity contribution in [2.24, 2.45) is 0 Å². The number of hydrogen-bond acceptors (Lipinski definition) is 4. The van der Waals surface area contributed by atoms with Gasteiger partial charge in [-0.2, -0.15) is 0 Å². The molecule has 0 aliphatic rings. The van der Waals surface area contributed by atoms with Crippen molar-refractivity contribution in [1.29, 1.82) is 0 Å². The second-order valence-electron chi connectivity index (χ2n) is 5.72. The number of halogens is 2. The van der Waals surface area contributed by atoms with E-state index in [1.54, 1.807) is 11.8 Å². The highest BCUT2D eigenvalue weighted by Gasteiger charge is 2.13. The van der Waals surface area contributed by atoms with E-state index in [-0.39, 0.29) is 11.6 Å². The first-order valence-corrected chi connectivity index (χ1v) is 9.62. The molecule has 3 rings (SSSR count). The molecule has 2 aromatic carbocycles. The molecule has 26 heavy (non-hydrogen) atoms. The predicted octanol–water partition coefficient (Wildman–Crippen LogP) is 5.27. The van der Waals surface area contributed by atoms with Crippen LogP contribution in [0.3, 0.4) is 0 Å². The molecule has 136 valence electrons. The van der Waals surface area contributed by atoms with E-state index >= 15 is 0 Å². The average molecular weight is 392 g/mol. The van der Waals surface area contributed by atoms with E-state index in [0.717, 1.165) is 17.5 Å². The highest BCUT2D eigenvalue weighted by molar-refractivity contribution is 7.98. The minimum absolute atomic E-state index is 0.219. The van der Waals surface area contributed by atoms with Gasteiger partial charge >= 0.3 is 0 Å². The number of nitrogens with zero attached hydrogens (tertiary/aromatic N) is 3. The summed E-state index contributed by atoms with van der Waals surface area (Å²) in [5.74, 6) is 1.57. The van der Waals surface area contributed by atoms with Crippen LogP contribution in [-0.2, 0) is 18.9 Å². The molecule has 0 atom stereocenters. The molecule has 0 unspecified atom stereocenters.